The molecule has 1 aromatic heterocycles. The van der Waals surface area contributed by atoms with Crippen molar-refractivity contribution in [2.24, 2.45) is 0 Å². The molecule has 0 spiro atoms. The van der Waals surface area contributed by atoms with Gasteiger partial charge in [0.25, 0.3) is 17.4 Å². The van der Waals surface area contributed by atoms with Crippen LogP contribution in [0.5, 0.6) is 0 Å². The third-order valence-corrected chi connectivity index (χ3v) is 4.92. The van der Waals surface area contributed by atoms with Crippen molar-refractivity contribution in [3.8, 4) is 16.8 Å². The number of nitrogens with one attached hydrogen (secondary N) is 1. The van der Waals surface area contributed by atoms with Crippen LogP contribution in [-0.2, 0) is 0 Å². The molecule has 134 valence electrons. The fraction of sp³-hybridized carbons (Fsp3) is 0.0952. The van der Waals surface area contributed by atoms with Gasteiger partial charge in [-0.05, 0) is 36.6 Å². The van der Waals surface area contributed by atoms with Crippen LogP contribution in [0.1, 0.15) is 31.8 Å². The minimum absolute atomic E-state index is 0.0161. The highest BCUT2D eigenvalue weighted by Gasteiger charge is 2.32. The molecule has 0 atom stereocenters. The molecule has 6 nitrogen and oxygen atoms in total. The van der Waals surface area contributed by atoms with Gasteiger partial charge in [-0.3, -0.25) is 24.3 Å². The minimum atomic E-state index is -0.603. The molecule has 2 heterocycles. The zero-order valence-corrected chi connectivity index (χ0v) is 14.9. The molecular weight excluding hydrogens is 342 g/mol. The van der Waals surface area contributed by atoms with Crippen LogP contribution in [-0.4, -0.2) is 16.4 Å². The number of para-hydroxylation sites is 1. The first-order chi connectivity index (χ1) is 12.9. The first kappa shape index (κ1) is 16.8. The number of aryl methyl sites for hydroxylation is 2. The van der Waals surface area contributed by atoms with Crippen molar-refractivity contribution in [2.45, 2.75) is 13.8 Å². The minimum Gasteiger partial charge on any atom is -0.384 e. The van der Waals surface area contributed by atoms with Gasteiger partial charge in [-0.2, -0.15) is 0 Å². The smallest absolute Gasteiger partial charge is 0.262 e. The van der Waals surface area contributed by atoms with Crippen LogP contribution in [0.4, 0.5) is 5.82 Å². The number of hydrogen-bond acceptors (Lipinski definition) is 4. The summed E-state index contributed by atoms with van der Waals surface area (Å²) in [7, 11) is 0. The average Bonchev–Trinajstić information content (AvgIpc) is 2.91. The molecule has 0 fully saturated rings. The van der Waals surface area contributed by atoms with E-state index in [-0.39, 0.29) is 16.9 Å². The third-order valence-electron chi connectivity index (χ3n) is 4.92. The van der Waals surface area contributed by atoms with Gasteiger partial charge in [-0.15, -0.1) is 0 Å². The van der Waals surface area contributed by atoms with Crippen LogP contribution in [0.3, 0.4) is 0 Å². The summed E-state index contributed by atoms with van der Waals surface area (Å²) in [5.41, 5.74) is 10.3. The Kier molecular flexibility index (Phi) is 3.70. The zero-order chi connectivity index (χ0) is 19.3. The monoisotopic (exact) mass is 359 g/mol. The second-order valence-corrected chi connectivity index (χ2v) is 6.59. The summed E-state index contributed by atoms with van der Waals surface area (Å²) in [6.07, 6.45) is 0. The van der Waals surface area contributed by atoms with E-state index in [2.05, 4.69) is 5.32 Å². The Labute approximate surface area is 155 Å². The van der Waals surface area contributed by atoms with Crippen LogP contribution in [0, 0.1) is 13.8 Å². The predicted molar refractivity (Wildman–Crippen MR) is 103 cm³/mol. The topological polar surface area (TPSA) is 94.2 Å². The Hall–Kier alpha value is -3.67. The summed E-state index contributed by atoms with van der Waals surface area (Å²) >= 11 is 0. The number of amides is 2. The number of benzene rings is 2. The second kappa shape index (κ2) is 5.95. The number of imide groups is 1. The fourth-order valence-electron chi connectivity index (χ4n) is 3.35. The van der Waals surface area contributed by atoms with Gasteiger partial charge in [-0.25, -0.2) is 0 Å². The quantitative estimate of drug-likeness (QED) is 0.688. The lowest BCUT2D eigenvalue weighted by Crippen LogP contribution is -2.24. The third kappa shape index (κ3) is 2.54. The van der Waals surface area contributed by atoms with E-state index in [1.54, 1.807) is 12.1 Å². The van der Waals surface area contributed by atoms with Gasteiger partial charge in [0, 0.05) is 11.6 Å². The Balaban J connectivity index is 2.01. The number of anilines is 1. The van der Waals surface area contributed by atoms with Crippen molar-refractivity contribution in [3.05, 3.63) is 81.1 Å². The number of fused-ring (bicyclic) bond motifs is 1. The van der Waals surface area contributed by atoms with Crippen molar-refractivity contribution in [2.75, 3.05) is 5.73 Å². The lowest BCUT2D eigenvalue weighted by molar-refractivity contribution is 0.0880. The van der Waals surface area contributed by atoms with E-state index in [1.165, 1.54) is 10.1 Å². The molecule has 0 bridgehead atoms. The summed E-state index contributed by atoms with van der Waals surface area (Å²) < 4.78 is 1.28. The Morgan fingerprint density at radius 1 is 0.852 bits per heavy atom. The second-order valence-electron chi connectivity index (χ2n) is 6.59. The standard InChI is InChI=1S/C21H17N3O3/c1-11-7-8-13(9-12(11)2)14-5-3-4-6-16(14)24-17(25)10-15-18(19(24)22)21(27)23-20(15)26/h3-10H,22H2,1-2H3,(H,23,26,27). The van der Waals surface area contributed by atoms with Gasteiger partial charge < -0.3 is 5.73 Å². The van der Waals surface area contributed by atoms with Crippen LogP contribution >= 0.6 is 0 Å². The molecule has 4 rings (SSSR count). The number of aromatic nitrogens is 1. The molecular formula is C21H17N3O3. The number of nitrogens with two attached hydrogens (primary N) is 1. The number of nitrogens with zero attached hydrogens (tertiary/aromatic N) is 1. The van der Waals surface area contributed by atoms with Gasteiger partial charge in [0.1, 0.15) is 5.82 Å². The summed E-state index contributed by atoms with van der Waals surface area (Å²) in [4.78, 5) is 36.7. The number of carbonyl (C=O) groups excluding carboxylic acids is 2. The molecule has 0 saturated heterocycles. The summed E-state index contributed by atoms with van der Waals surface area (Å²) in [5, 5.41) is 2.18. The number of pyridine rings is 1. The lowest BCUT2D eigenvalue weighted by Gasteiger charge is -2.16. The molecule has 0 unspecified atom stereocenters. The Morgan fingerprint density at radius 2 is 1.59 bits per heavy atom. The van der Waals surface area contributed by atoms with Crippen molar-refractivity contribution < 1.29 is 9.59 Å². The average molecular weight is 359 g/mol. The molecule has 0 radical (unpaired) electrons. The van der Waals surface area contributed by atoms with Gasteiger partial charge in [0.15, 0.2) is 0 Å². The molecule has 1 aliphatic rings. The Morgan fingerprint density at radius 3 is 2.33 bits per heavy atom. The Bertz CT molecular complexity index is 1190. The largest absolute Gasteiger partial charge is 0.384 e. The predicted octanol–water partition coefficient (Wildman–Crippen LogP) is 2.59. The molecule has 0 aliphatic carbocycles. The molecule has 0 saturated carbocycles. The van der Waals surface area contributed by atoms with E-state index in [0.29, 0.717) is 5.69 Å². The molecule has 27 heavy (non-hydrogen) atoms. The van der Waals surface area contributed by atoms with Crippen LogP contribution in [0.25, 0.3) is 16.8 Å². The number of hydrogen-bond donors (Lipinski definition) is 2. The van der Waals surface area contributed by atoms with E-state index >= 15 is 0 Å². The van der Waals surface area contributed by atoms with Crippen LogP contribution in [0.2, 0.25) is 0 Å². The van der Waals surface area contributed by atoms with E-state index in [0.717, 1.165) is 22.8 Å². The summed E-state index contributed by atoms with van der Waals surface area (Å²) in [6.45, 7) is 4.05. The van der Waals surface area contributed by atoms with Crippen molar-refractivity contribution in [1.82, 2.24) is 9.88 Å². The molecule has 3 N–H and O–H groups in total. The maximum atomic E-state index is 12.7. The lowest BCUT2D eigenvalue weighted by atomic mass is 9.98. The van der Waals surface area contributed by atoms with Crippen LogP contribution in [0.15, 0.2) is 53.3 Å². The van der Waals surface area contributed by atoms with Crippen molar-refractivity contribution in [1.29, 1.82) is 0 Å². The first-order valence-electron chi connectivity index (χ1n) is 8.46. The molecule has 2 aromatic carbocycles. The summed E-state index contributed by atoms with van der Waals surface area (Å²) in [5.74, 6) is -1.24. The van der Waals surface area contributed by atoms with Crippen LogP contribution < -0.4 is 16.6 Å². The van der Waals surface area contributed by atoms with Crippen molar-refractivity contribution >= 4 is 17.6 Å². The molecule has 3 aromatic rings. The maximum Gasteiger partial charge on any atom is 0.262 e. The zero-order valence-electron chi connectivity index (χ0n) is 14.9. The SMILES string of the molecule is Cc1ccc(-c2ccccc2-n2c(N)c3c(cc2=O)C(=O)NC3=O)cc1C. The molecule has 6 heteroatoms. The summed E-state index contributed by atoms with van der Waals surface area (Å²) in [6, 6.07) is 14.5. The highest BCUT2D eigenvalue weighted by atomic mass is 16.2. The van der Waals surface area contributed by atoms with E-state index < -0.39 is 17.4 Å². The molecule has 2 amide bonds. The van der Waals surface area contributed by atoms with Gasteiger partial charge in [0.05, 0.1) is 16.8 Å². The number of rotatable bonds is 2. The maximum absolute atomic E-state index is 12.7. The van der Waals surface area contributed by atoms with Gasteiger partial charge in [-0.1, -0.05) is 36.4 Å². The van der Waals surface area contributed by atoms with E-state index in [1.807, 2.05) is 44.2 Å². The normalized spacial score (nSPS) is 12.8. The van der Waals surface area contributed by atoms with E-state index in [4.69, 9.17) is 5.73 Å². The highest BCUT2D eigenvalue weighted by molar-refractivity contribution is 6.23. The number of nitrogen functional groups attached to an aromatic ring is 1. The van der Waals surface area contributed by atoms with Gasteiger partial charge in [0.2, 0.25) is 0 Å². The van der Waals surface area contributed by atoms with Gasteiger partial charge >= 0.3 is 0 Å². The fourth-order valence-corrected chi connectivity index (χ4v) is 3.35. The number of carbonyl (C=O) groups is 2. The first-order valence-corrected chi connectivity index (χ1v) is 8.46. The van der Waals surface area contributed by atoms with Crippen molar-refractivity contribution in [3.63, 3.8) is 0 Å². The van der Waals surface area contributed by atoms with E-state index in [9.17, 15) is 14.4 Å². The highest BCUT2D eigenvalue weighted by Crippen LogP contribution is 2.30. The molecule has 1 aliphatic heterocycles.